The van der Waals surface area contributed by atoms with Gasteiger partial charge in [-0.2, -0.15) is 5.10 Å². The Labute approximate surface area is 144 Å². The van der Waals surface area contributed by atoms with Gasteiger partial charge >= 0.3 is 0 Å². The number of nitrogens with zero attached hydrogens (tertiary/aromatic N) is 3. The van der Waals surface area contributed by atoms with Gasteiger partial charge in [-0.25, -0.2) is 0 Å². The van der Waals surface area contributed by atoms with Crippen molar-refractivity contribution in [2.45, 2.75) is 38.3 Å². The summed E-state index contributed by atoms with van der Waals surface area (Å²) in [5, 5.41) is 7.20. The fourth-order valence-corrected chi connectivity index (χ4v) is 2.61. The molecule has 128 valence electrons. The fraction of sp³-hybridized carbons (Fsp3) is 0.714. The van der Waals surface area contributed by atoms with Gasteiger partial charge in [-0.3, -0.25) is 9.48 Å². The summed E-state index contributed by atoms with van der Waals surface area (Å²) < 4.78 is 1.84. The summed E-state index contributed by atoms with van der Waals surface area (Å²) in [7, 11) is 4.05. The maximum atomic E-state index is 12.0. The van der Waals surface area contributed by atoms with Crippen molar-refractivity contribution < 1.29 is 4.79 Å². The number of likely N-dealkylation sites (N-methyl/N-ethyl adjacent to an activating group) is 1. The molecule has 1 aromatic rings. The van der Waals surface area contributed by atoms with Crippen molar-refractivity contribution in [3.8, 4) is 0 Å². The molecule has 22 heavy (non-hydrogen) atoms. The van der Waals surface area contributed by atoms with Crippen LogP contribution >= 0.6 is 24.8 Å². The van der Waals surface area contributed by atoms with Gasteiger partial charge in [0, 0.05) is 31.3 Å². The van der Waals surface area contributed by atoms with Gasteiger partial charge < -0.3 is 16.0 Å². The minimum atomic E-state index is 0. The number of nitrogens with two attached hydrogens (primary N) is 1. The Balaban J connectivity index is 0.00000220. The second-order valence-electron chi connectivity index (χ2n) is 5.87. The molecular weight excluding hydrogens is 325 g/mol. The number of aromatic nitrogens is 2. The Hall–Kier alpha value is -0.820. The van der Waals surface area contributed by atoms with Gasteiger partial charge in [0.1, 0.15) is 0 Å². The van der Waals surface area contributed by atoms with Gasteiger partial charge in [-0.05, 0) is 32.9 Å². The van der Waals surface area contributed by atoms with Gasteiger partial charge in [-0.15, -0.1) is 24.8 Å². The molecule has 1 saturated carbocycles. The van der Waals surface area contributed by atoms with Crippen molar-refractivity contribution in [2.24, 2.45) is 11.7 Å². The molecule has 0 aliphatic heterocycles. The van der Waals surface area contributed by atoms with Crippen molar-refractivity contribution in [1.29, 1.82) is 0 Å². The molecule has 1 aliphatic carbocycles. The highest BCUT2D eigenvalue weighted by atomic mass is 35.5. The highest BCUT2D eigenvalue weighted by molar-refractivity contribution is 5.89. The van der Waals surface area contributed by atoms with Gasteiger partial charge in [-0.1, -0.05) is 6.42 Å². The van der Waals surface area contributed by atoms with E-state index in [4.69, 9.17) is 5.73 Å². The quantitative estimate of drug-likeness (QED) is 0.818. The topological polar surface area (TPSA) is 76.2 Å². The summed E-state index contributed by atoms with van der Waals surface area (Å²) in [5.41, 5.74) is 5.99. The minimum absolute atomic E-state index is 0. The molecule has 6 nitrogen and oxygen atoms in total. The summed E-state index contributed by atoms with van der Waals surface area (Å²) in [4.78, 5) is 14.1. The van der Waals surface area contributed by atoms with E-state index < -0.39 is 0 Å². The third kappa shape index (κ3) is 6.52. The standard InChI is InChI=1S/C14H25N5O.2ClH/c1-18(2)8-9-19-7-6-13(17-19)16-14(20)10-11-4-3-5-12(11)15;;/h6-7,11-12H,3-5,8-10,15H2,1-2H3,(H,16,17,20);2*1H/t11-,12+;;/m0../s1. The highest BCUT2D eigenvalue weighted by Crippen LogP contribution is 2.26. The molecule has 1 aliphatic rings. The number of carbonyl (C=O) groups is 1. The number of hydrogen-bond acceptors (Lipinski definition) is 4. The summed E-state index contributed by atoms with van der Waals surface area (Å²) in [6.45, 7) is 1.74. The number of carbonyl (C=O) groups excluding carboxylic acids is 1. The number of nitrogens with one attached hydrogen (secondary N) is 1. The lowest BCUT2D eigenvalue weighted by Gasteiger charge is -2.14. The molecule has 0 aromatic carbocycles. The van der Waals surface area contributed by atoms with Gasteiger partial charge in [0.2, 0.25) is 5.91 Å². The Kier molecular flexibility index (Phi) is 9.67. The zero-order valence-electron chi connectivity index (χ0n) is 13.2. The highest BCUT2D eigenvalue weighted by Gasteiger charge is 2.26. The number of halogens is 2. The molecular formula is C14H27Cl2N5O. The van der Waals surface area contributed by atoms with Crippen LogP contribution in [-0.4, -0.2) is 47.3 Å². The average molecular weight is 352 g/mol. The van der Waals surface area contributed by atoms with E-state index >= 15 is 0 Å². The van der Waals surface area contributed by atoms with Crippen LogP contribution in [0.3, 0.4) is 0 Å². The Morgan fingerprint density at radius 1 is 1.45 bits per heavy atom. The Morgan fingerprint density at radius 3 is 2.77 bits per heavy atom. The summed E-state index contributed by atoms with van der Waals surface area (Å²) in [6, 6.07) is 2.01. The zero-order chi connectivity index (χ0) is 14.5. The smallest absolute Gasteiger partial charge is 0.225 e. The van der Waals surface area contributed by atoms with E-state index in [2.05, 4.69) is 15.3 Å². The van der Waals surface area contributed by atoms with Crippen LogP contribution in [0.1, 0.15) is 25.7 Å². The van der Waals surface area contributed by atoms with Crippen molar-refractivity contribution in [3.63, 3.8) is 0 Å². The maximum Gasteiger partial charge on any atom is 0.225 e. The maximum absolute atomic E-state index is 12.0. The first-order valence-electron chi connectivity index (χ1n) is 7.28. The van der Waals surface area contributed by atoms with Crippen LogP contribution in [0.2, 0.25) is 0 Å². The van der Waals surface area contributed by atoms with E-state index in [1.165, 1.54) is 0 Å². The predicted molar refractivity (Wildman–Crippen MR) is 93.8 cm³/mol. The minimum Gasteiger partial charge on any atom is -0.327 e. The number of anilines is 1. The average Bonchev–Trinajstić information content (AvgIpc) is 2.97. The number of rotatable bonds is 6. The molecule has 8 heteroatoms. The molecule has 0 saturated heterocycles. The van der Waals surface area contributed by atoms with Crippen LogP contribution < -0.4 is 11.1 Å². The van der Waals surface area contributed by atoms with Crippen molar-refractivity contribution >= 4 is 36.5 Å². The van der Waals surface area contributed by atoms with Crippen LogP contribution in [0.25, 0.3) is 0 Å². The molecule has 1 amide bonds. The lowest BCUT2D eigenvalue weighted by Crippen LogP contribution is -2.28. The van der Waals surface area contributed by atoms with E-state index in [1.807, 2.05) is 31.0 Å². The second kappa shape index (κ2) is 10.0. The van der Waals surface area contributed by atoms with E-state index in [0.29, 0.717) is 18.2 Å². The molecule has 0 bridgehead atoms. The monoisotopic (exact) mass is 351 g/mol. The number of amides is 1. The molecule has 3 N–H and O–H groups in total. The second-order valence-corrected chi connectivity index (χ2v) is 5.87. The third-order valence-corrected chi connectivity index (χ3v) is 3.85. The Bertz CT molecular complexity index is 452. The molecule has 1 heterocycles. The van der Waals surface area contributed by atoms with Gasteiger partial charge in [0.05, 0.1) is 6.54 Å². The van der Waals surface area contributed by atoms with Crippen LogP contribution in [0, 0.1) is 5.92 Å². The SMILES string of the molecule is CN(C)CCn1ccc(NC(=O)C[C@@H]2CCC[C@H]2N)n1.Cl.Cl. The molecule has 0 radical (unpaired) electrons. The van der Waals surface area contributed by atoms with Crippen LogP contribution in [0.5, 0.6) is 0 Å². The normalized spacial score (nSPS) is 20.4. The zero-order valence-corrected chi connectivity index (χ0v) is 14.8. The molecule has 1 aromatic heterocycles. The lowest BCUT2D eigenvalue weighted by molar-refractivity contribution is -0.117. The van der Waals surface area contributed by atoms with Crippen molar-refractivity contribution in [2.75, 3.05) is 26.0 Å². The summed E-state index contributed by atoms with van der Waals surface area (Å²) in [6.07, 6.45) is 5.63. The molecule has 2 atom stereocenters. The molecule has 2 rings (SSSR count). The molecule has 0 unspecified atom stereocenters. The summed E-state index contributed by atoms with van der Waals surface area (Å²) in [5.74, 6) is 0.969. The van der Waals surface area contributed by atoms with Crippen molar-refractivity contribution in [3.05, 3.63) is 12.3 Å². The first kappa shape index (κ1) is 21.2. The van der Waals surface area contributed by atoms with E-state index in [-0.39, 0.29) is 36.8 Å². The number of hydrogen-bond donors (Lipinski definition) is 2. The fourth-order valence-electron chi connectivity index (χ4n) is 2.61. The van der Waals surface area contributed by atoms with E-state index in [0.717, 1.165) is 32.4 Å². The lowest BCUT2D eigenvalue weighted by atomic mass is 10.00. The van der Waals surface area contributed by atoms with Crippen LogP contribution in [-0.2, 0) is 11.3 Å². The Morgan fingerprint density at radius 2 is 2.18 bits per heavy atom. The van der Waals surface area contributed by atoms with Gasteiger partial charge in [0.25, 0.3) is 0 Å². The first-order chi connectivity index (χ1) is 9.54. The van der Waals surface area contributed by atoms with Crippen LogP contribution in [0.15, 0.2) is 12.3 Å². The molecule has 0 spiro atoms. The van der Waals surface area contributed by atoms with Crippen molar-refractivity contribution in [1.82, 2.24) is 14.7 Å². The predicted octanol–water partition coefficient (Wildman–Crippen LogP) is 1.74. The largest absolute Gasteiger partial charge is 0.327 e. The van der Waals surface area contributed by atoms with Crippen LogP contribution in [0.4, 0.5) is 5.82 Å². The first-order valence-corrected chi connectivity index (χ1v) is 7.28. The summed E-state index contributed by atoms with van der Waals surface area (Å²) >= 11 is 0. The van der Waals surface area contributed by atoms with E-state index in [9.17, 15) is 4.79 Å². The van der Waals surface area contributed by atoms with Gasteiger partial charge in [0.15, 0.2) is 5.82 Å². The van der Waals surface area contributed by atoms with E-state index in [1.54, 1.807) is 0 Å². The molecule has 1 fully saturated rings. The third-order valence-electron chi connectivity index (χ3n) is 3.85.